The lowest BCUT2D eigenvalue weighted by Gasteiger charge is -2.10. The summed E-state index contributed by atoms with van der Waals surface area (Å²) in [4.78, 5) is 0. The number of hydrogen-bond donors (Lipinski definition) is 2. The largest absolute Gasteiger partial charge is 0.493 e. The lowest BCUT2D eigenvalue weighted by Crippen LogP contribution is -1.93. The summed E-state index contributed by atoms with van der Waals surface area (Å²) in [6.07, 6.45) is 0. The molecule has 1 aromatic carbocycles. The Kier molecular flexibility index (Phi) is 7.22. The van der Waals surface area contributed by atoms with Gasteiger partial charge in [-0.05, 0) is 12.1 Å². The number of benzene rings is 1. The van der Waals surface area contributed by atoms with Crippen LogP contribution >= 0.6 is 0 Å². The van der Waals surface area contributed by atoms with E-state index in [4.69, 9.17) is 24.3 Å². The van der Waals surface area contributed by atoms with Gasteiger partial charge >= 0.3 is 7.69 Å². The van der Waals surface area contributed by atoms with Crippen molar-refractivity contribution in [2.75, 3.05) is 21.3 Å². The van der Waals surface area contributed by atoms with Gasteiger partial charge in [-0.2, -0.15) is 0 Å². The molecule has 84 valence electrons. The molecule has 2 N–H and O–H groups in total. The van der Waals surface area contributed by atoms with Crippen molar-refractivity contribution in [1.29, 1.82) is 0 Å². The third-order valence-corrected chi connectivity index (χ3v) is 1.59. The third-order valence-electron chi connectivity index (χ3n) is 1.59. The fourth-order valence-electron chi connectivity index (χ4n) is 1.02. The molecule has 0 saturated heterocycles. The zero-order valence-electron chi connectivity index (χ0n) is 9.06. The average Bonchev–Trinajstić information content (AvgIpc) is 2.28. The van der Waals surface area contributed by atoms with Crippen molar-refractivity contribution < 1.29 is 24.3 Å². The van der Waals surface area contributed by atoms with Crippen LogP contribution < -0.4 is 14.2 Å². The van der Waals surface area contributed by atoms with Gasteiger partial charge in [0.1, 0.15) is 0 Å². The molecule has 0 atom stereocenters. The van der Waals surface area contributed by atoms with Crippen molar-refractivity contribution in [2.45, 2.75) is 0 Å². The molecule has 15 heavy (non-hydrogen) atoms. The van der Waals surface area contributed by atoms with Gasteiger partial charge in [0.15, 0.2) is 11.5 Å². The van der Waals surface area contributed by atoms with E-state index in [0.29, 0.717) is 17.2 Å². The Balaban J connectivity index is 0.000000583. The summed E-state index contributed by atoms with van der Waals surface area (Å²) in [5.41, 5.74) is 0. The van der Waals surface area contributed by atoms with Crippen LogP contribution in [0.1, 0.15) is 0 Å². The van der Waals surface area contributed by atoms with Gasteiger partial charge in [-0.15, -0.1) is 0 Å². The van der Waals surface area contributed by atoms with E-state index in [-0.39, 0.29) is 0 Å². The van der Waals surface area contributed by atoms with Crippen molar-refractivity contribution >= 4 is 7.69 Å². The lowest BCUT2D eigenvalue weighted by molar-refractivity contribution is 0.324. The van der Waals surface area contributed by atoms with Gasteiger partial charge in [0, 0.05) is 0 Å². The summed E-state index contributed by atoms with van der Waals surface area (Å²) in [5, 5.41) is 14.2. The molecule has 0 saturated carbocycles. The van der Waals surface area contributed by atoms with Gasteiger partial charge in [-0.25, -0.2) is 0 Å². The average molecular weight is 214 g/mol. The van der Waals surface area contributed by atoms with Gasteiger partial charge < -0.3 is 24.3 Å². The Hall–Kier alpha value is -1.40. The Bertz CT molecular complexity index is 257. The van der Waals surface area contributed by atoms with Gasteiger partial charge in [0.05, 0.1) is 21.3 Å². The van der Waals surface area contributed by atoms with Crippen LogP contribution in [-0.2, 0) is 0 Å². The molecule has 1 rings (SSSR count). The SMILES string of the molecule is COc1cccc(OC)c1OC.OBO. The number of ether oxygens (including phenoxy) is 3. The van der Waals surface area contributed by atoms with Crippen molar-refractivity contribution in [3.05, 3.63) is 18.2 Å². The molecule has 0 aliphatic rings. The zero-order valence-corrected chi connectivity index (χ0v) is 9.06. The van der Waals surface area contributed by atoms with E-state index in [1.807, 2.05) is 18.2 Å². The van der Waals surface area contributed by atoms with Crippen LogP contribution in [0.4, 0.5) is 0 Å². The predicted molar refractivity (Wildman–Crippen MR) is 57.7 cm³/mol. The molecule has 0 unspecified atom stereocenters. The van der Waals surface area contributed by atoms with E-state index in [1.54, 1.807) is 21.3 Å². The summed E-state index contributed by atoms with van der Waals surface area (Å²) < 4.78 is 15.3. The number of rotatable bonds is 3. The number of hydrogen-bond acceptors (Lipinski definition) is 5. The minimum absolute atomic E-state index is 0.627. The quantitative estimate of drug-likeness (QED) is 0.690. The molecular formula is C9H15BO5. The molecule has 0 aliphatic carbocycles. The van der Waals surface area contributed by atoms with Gasteiger partial charge in [-0.1, -0.05) is 6.07 Å². The van der Waals surface area contributed by atoms with Gasteiger partial charge in [-0.3, -0.25) is 0 Å². The normalized spacial score (nSPS) is 8.33. The lowest BCUT2D eigenvalue weighted by atomic mass is 10.3. The Morgan fingerprint density at radius 1 is 0.933 bits per heavy atom. The first kappa shape index (κ1) is 13.6. The van der Waals surface area contributed by atoms with Crippen molar-refractivity contribution in [3.63, 3.8) is 0 Å². The van der Waals surface area contributed by atoms with Crippen molar-refractivity contribution in [2.24, 2.45) is 0 Å². The third kappa shape index (κ3) is 4.10. The molecule has 6 heteroatoms. The molecule has 0 bridgehead atoms. The van der Waals surface area contributed by atoms with Crippen molar-refractivity contribution in [3.8, 4) is 17.2 Å². The fraction of sp³-hybridized carbons (Fsp3) is 0.333. The molecule has 0 fully saturated rings. The minimum Gasteiger partial charge on any atom is -0.493 e. The van der Waals surface area contributed by atoms with E-state index in [1.165, 1.54) is 0 Å². The van der Waals surface area contributed by atoms with Gasteiger partial charge in [0.25, 0.3) is 0 Å². The van der Waals surface area contributed by atoms with E-state index in [9.17, 15) is 0 Å². The second-order valence-corrected chi connectivity index (χ2v) is 2.34. The van der Waals surface area contributed by atoms with Crippen LogP contribution in [-0.4, -0.2) is 39.1 Å². The molecule has 5 nitrogen and oxygen atoms in total. The fourth-order valence-corrected chi connectivity index (χ4v) is 1.02. The van der Waals surface area contributed by atoms with Crippen LogP contribution in [0, 0.1) is 0 Å². The molecular weight excluding hydrogens is 199 g/mol. The predicted octanol–water partition coefficient (Wildman–Crippen LogP) is -0.0501. The summed E-state index contributed by atoms with van der Waals surface area (Å²) in [7, 11) is 4.02. The minimum atomic E-state index is -0.750. The highest BCUT2D eigenvalue weighted by atomic mass is 16.5. The van der Waals surface area contributed by atoms with Crippen LogP contribution in [0.25, 0.3) is 0 Å². The first-order valence-electron chi connectivity index (χ1n) is 4.21. The highest BCUT2D eigenvalue weighted by Crippen LogP contribution is 2.35. The molecule has 1 aromatic rings. The molecule has 0 aliphatic heterocycles. The first-order chi connectivity index (χ1) is 7.24. The maximum Gasteiger partial charge on any atom is 0.432 e. The standard InChI is InChI=1S/C9H12O3.BH3O2/c1-10-7-5-4-6-8(11-2)9(7)12-3;2-1-3/h4-6H,1-3H3;1-3H. The maximum atomic E-state index is 7.12. The molecule has 0 heterocycles. The molecule has 0 spiro atoms. The summed E-state index contributed by atoms with van der Waals surface area (Å²) in [5.74, 6) is 1.98. The van der Waals surface area contributed by atoms with E-state index in [0.717, 1.165) is 0 Å². The van der Waals surface area contributed by atoms with Crippen LogP contribution in [0.2, 0.25) is 0 Å². The molecule has 0 amide bonds. The van der Waals surface area contributed by atoms with E-state index >= 15 is 0 Å². The molecule has 0 aromatic heterocycles. The second kappa shape index (κ2) is 7.96. The zero-order chi connectivity index (χ0) is 11.7. The summed E-state index contributed by atoms with van der Waals surface area (Å²) >= 11 is 0. The highest BCUT2D eigenvalue weighted by molar-refractivity contribution is 6.13. The Morgan fingerprint density at radius 2 is 1.33 bits per heavy atom. The monoisotopic (exact) mass is 214 g/mol. The Morgan fingerprint density at radius 3 is 1.60 bits per heavy atom. The van der Waals surface area contributed by atoms with E-state index in [2.05, 4.69) is 0 Å². The Labute approximate surface area is 89.5 Å². The maximum absolute atomic E-state index is 7.12. The topological polar surface area (TPSA) is 68.2 Å². The van der Waals surface area contributed by atoms with Crippen molar-refractivity contribution in [1.82, 2.24) is 0 Å². The molecule has 0 radical (unpaired) electrons. The summed E-state index contributed by atoms with van der Waals surface area (Å²) in [6, 6.07) is 5.49. The summed E-state index contributed by atoms with van der Waals surface area (Å²) in [6.45, 7) is 0. The number of methoxy groups -OCH3 is 3. The highest BCUT2D eigenvalue weighted by Gasteiger charge is 2.08. The van der Waals surface area contributed by atoms with Crippen LogP contribution in [0.3, 0.4) is 0 Å². The smallest absolute Gasteiger partial charge is 0.432 e. The van der Waals surface area contributed by atoms with Gasteiger partial charge in [0.2, 0.25) is 5.75 Å². The number of para-hydroxylation sites is 1. The second-order valence-electron chi connectivity index (χ2n) is 2.34. The first-order valence-corrected chi connectivity index (χ1v) is 4.21. The van der Waals surface area contributed by atoms with Crippen LogP contribution in [0.15, 0.2) is 18.2 Å². The van der Waals surface area contributed by atoms with E-state index < -0.39 is 7.69 Å². The van der Waals surface area contributed by atoms with Crippen LogP contribution in [0.5, 0.6) is 17.2 Å².